The molecule has 0 radical (unpaired) electrons. The number of aromatic nitrogens is 2. The molecule has 0 fully saturated rings. The Morgan fingerprint density at radius 1 is 1.32 bits per heavy atom. The standard InChI is InChI=1S/C17H13BrFN3O2S/c1-10-20-16(24-22-10)9-25-15-5-3-2-4-12(15)17(23)21-14-7-6-11(18)8-13(14)19/h2-8H,9H2,1H3,(H,21,23). The zero-order valence-electron chi connectivity index (χ0n) is 13.1. The minimum atomic E-state index is -0.505. The van der Waals surface area contributed by atoms with Crippen LogP contribution in [0.2, 0.25) is 0 Å². The van der Waals surface area contributed by atoms with Crippen LogP contribution in [0.3, 0.4) is 0 Å². The number of nitrogens with zero attached hydrogens (tertiary/aromatic N) is 2. The predicted molar refractivity (Wildman–Crippen MR) is 97.1 cm³/mol. The van der Waals surface area contributed by atoms with Gasteiger partial charge in [-0.1, -0.05) is 33.2 Å². The molecule has 128 valence electrons. The highest BCUT2D eigenvalue weighted by Crippen LogP contribution is 2.27. The van der Waals surface area contributed by atoms with Gasteiger partial charge in [0.15, 0.2) is 5.82 Å². The van der Waals surface area contributed by atoms with Crippen molar-refractivity contribution < 1.29 is 13.7 Å². The molecule has 25 heavy (non-hydrogen) atoms. The first-order chi connectivity index (χ1) is 12.0. The van der Waals surface area contributed by atoms with E-state index in [2.05, 4.69) is 31.4 Å². The number of thioether (sulfide) groups is 1. The first-order valence-electron chi connectivity index (χ1n) is 7.30. The molecule has 2 aromatic carbocycles. The second-order valence-corrected chi connectivity index (χ2v) is 7.03. The van der Waals surface area contributed by atoms with Gasteiger partial charge in [0, 0.05) is 9.37 Å². The molecule has 3 rings (SSSR count). The molecule has 0 bridgehead atoms. The van der Waals surface area contributed by atoms with E-state index < -0.39 is 5.82 Å². The van der Waals surface area contributed by atoms with E-state index in [-0.39, 0.29) is 11.6 Å². The van der Waals surface area contributed by atoms with Gasteiger partial charge < -0.3 is 9.84 Å². The normalized spacial score (nSPS) is 10.7. The summed E-state index contributed by atoms with van der Waals surface area (Å²) in [5, 5.41) is 6.33. The van der Waals surface area contributed by atoms with Gasteiger partial charge in [-0.25, -0.2) is 4.39 Å². The minimum absolute atomic E-state index is 0.125. The molecular formula is C17H13BrFN3O2S. The van der Waals surface area contributed by atoms with E-state index in [1.54, 1.807) is 25.1 Å². The third-order valence-corrected chi connectivity index (χ3v) is 4.78. The number of hydrogen-bond donors (Lipinski definition) is 1. The summed E-state index contributed by atoms with van der Waals surface area (Å²) in [4.78, 5) is 17.4. The van der Waals surface area contributed by atoms with Gasteiger partial charge in [-0.15, -0.1) is 11.8 Å². The van der Waals surface area contributed by atoms with Gasteiger partial charge in [0.05, 0.1) is 17.0 Å². The number of benzene rings is 2. The molecule has 0 aliphatic carbocycles. The van der Waals surface area contributed by atoms with E-state index >= 15 is 0 Å². The van der Waals surface area contributed by atoms with Crippen molar-refractivity contribution in [1.82, 2.24) is 10.1 Å². The summed E-state index contributed by atoms with van der Waals surface area (Å²) in [5.41, 5.74) is 0.576. The van der Waals surface area contributed by atoms with Crippen LogP contribution < -0.4 is 5.32 Å². The Labute approximate surface area is 156 Å². The minimum Gasteiger partial charge on any atom is -0.338 e. The van der Waals surface area contributed by atoms with Crippen LogP contribution in [0.25, 0.3) is 0 Å². The number of carbonyl (C=O) groups excluding carboxylic acids is 1. The van der Waals surface area contributed by atoms with Crippen LogP contribution in [0.5, 0.6) is 0 Å². The maximum absolute atomic E-state index is 13.9. The summed E-state index contributed by atoms with van der Waals surface area (Å²) in [7, 11) is 0. The number of anilines is 1. The average Bonchev–Trinajstić information content (AvgIpc) is 3.01. The fraction of sp³-hybridized carbons (Fsp3) is 0.118. The Hall–Kier alpha value is -2.19. The van der Waals surface area contributed by atoms with Gasteiger partial charge in [-0.3, -0.25) is 4.79 Å². The second kappa shape index (κ2) is 7.79. The summed E-state index contributed by atoms with van der Waals surface area (Å²) in [5.74, 6) is 0.599. The molecule has 1 N–H and O–H groups in total. The van der Waals surface area contributed by atoms with E-state index in [0.29, 0.717) is 27.5 Å². The molecule has 0 aliphatic heterocycles. The van der Waals surface area contributed by atoms with Crippen LogP contribution in [0.15, 0.2) is 56.4 Å². The number of amides is 1. The van der Waals surface area contributed by atoms with Crippen molar-refractivity contribution in [2.45, 2.75) is 17.6 Å². The van der Waals surface area contributed by atoms with Gasteiger partial charge in [-0.2, -0.15) is 4.98 Å². The highest BCUT2D eigenvalue weighted by molar-refractivity contribution is 9.10. The van der Waals surface area contributed by atoms with E-state index in [1.165, 1.54) is 23.9 Å². The van der Waals surface area contributed by atoms with Crippen molar-refractivity contribution in [3.05, 3.63) is 70.0 Å². The summed E-state index contributed by atoms with van der Waals surface area (Å²) in [6.45, 7) is 1.74. The number of aryl methyl sites for hydroxylation is 1. The Morgan fingerprint density at radius 2 is 2.12 bits per heavy atom. The fourth-order valence-electron chi connectivity index (χ4n) is 2.10. The fourth-order valence-corrected chi connectivity index (χ4v) is 3.32. The molecule has 0 spiro atoms. The highest BCUT2D eigenvalue weighted by Gasteiger charge is 2.15. The van der Waals surface area contributed by atoms with E-state index in [1.807, 2.05) is 12.1 Å². The van der Waals surface area contributed by atoms with Crippen LogP contribution in [0.4, 0.5) is 10.1 Å². The SMILES string of the molecule is Cc1noc(CSc2ccccc2C(=O)Nc2ccc(Br)cc2F)n1. The summed E-state index contributed by atoms with van der Waals surface area (Å²) >= 11 is 4.59. The Balaban J connectivity index is 1.76. The van der Waals surface area contributed by atoms with Crippen LogP contribution in [0.1, 0.15) is 22.1 Å². The van der Waals surface area contributed by atoms with Crippen molar-refractivity contribution in [2.75, 3.05) is 5.32 Å². The van der Waals surface area contributed by atoms with E-state index in [9.17, 15) is 9.18 Å². The van der Waals surface area contributed by atoms with Gasteiger partial charge in [0.2, 0.25) is 5.89 Å². The first-order valence-corrected chi connectivity index (χ1v) is 9.08. The van der Waals surface area contributed by atoms with Crippen molar-refractivity contribution >= 4 is 39.3 Å². The zero-order valence-corrected chi connectivity index (χ0v) is 15.5. The van der Waals surface area contributed by atoms with Crippen LogP contribution >= 0.6 is 27.7 Å². The predicted octanol–water partition coefficient (Wildman–Crippen LogP) is 4.82. The molecular weight excluding hydrogens is 409 g/mol. The maximum Gasteiger partial charge on any atom is 0.256 e. The molecule has 1 aromatic heterocycles. The number of hydrogen-bond acceptors (Lipinski definition) is 5. The number of halogens is 2. The molecule has 8 heteroatoms. The van der Waals surface area contributed by atoms with Crippen LogP contribution in [0, 0.1) is 12.7 Å². The lowest BCUT2D eigenvalue weighted by atomic mass is 10.2. The maximum atomic E-state index is 13.9. The largest absolute Gasteiger partial charge is 0.338 e. The molecule has 0 aliphatic rings. The average molecular weight is 422 g/mol. The lowest BCUT2D eigenvalue weighted by Gasteiger charge is -2.10. The van der Waals surface area contributed by atoms with Crippen molar-refractivity contribution in [1.29, 1.82) is 0 Å². The van der Waals surface area contributed by atoms with E-state index in [4.69, 9.17) is 4.52 Å². The zero-order chi connectivity index (χ0) is 17.8. The van der Waals surface area contributed by atoms with Crippen molar-refractivity contribution in [2.24, 2.45) is 0 Å². The lowest BCUT2D eigenvalue weighted by Crippen LogP contribution is -2.14. The number of carbonyl (C=O) groups is 1. The molecule has 0 unspecified atom stereocenters. The highest BCUT2D eigenvalue weighted by atomic mass is 79.9. The molecule has 0 saturated heterocycles. The molecule has 1 heterocycles. The Kier molecular flexibility index (Phi) is 5.50. The Bertz CT molecular complexity index is 916. The van der Waals surface area contributed by atoms with Crippen LogP contribution in [-0.4, -0.2) is 16.0 Å². The molecule has 5 nitrogen and oxygen atoms in total. The quantitative estimate of drug-likeness (QED) is 0.597. The van der Waals surface area contributed by atoms with Gasteiger partial charge in [-0.05, 0) is 37.3 Å². The monoisotopic (exact) mass is 421 g/mol. The number of nitrogens with one attached hydrogen (secondary N) is 1. The second-order valence-electron chi connectivity index (χ2n) is 5.10. The topological polar surface area (TPSA) is 68.0 Å². The summed E-state index contributed by atoms with van der Waals surface area (Å²) in [6, 6.07) is 11.6. The summed E-state index contributed by atoms with van der Waals surface area (Å²) < 4.78 is 19.6. The smallest absolute Gasteiger partial charge is 0.256 e. The third kappa shape index (κ3) is 4.46. The van der Waals surface area contributed by atoms with Crippen molar-refractivity contribution in [3.63, 3.8) is 0 Å². The van der Waals surface area contributed by atoms with Crippen molar-refractivity contribution in [3.8, 4) is 0 Å². The molecule has 0 atom stereocenters. The van der Waals surface area contributed by atoms with Gasteiger partial charge in [0.1, 0.15) is 5.82 Å². The van der Waals surface area contributed by atoms with Gasteiger partial charge >= 0.3 is 0 Å². The molecule has 0 saturated carbocycles. The summed E-state index contributed by atoms with van der Waals surface area (Å²) in [6.07, 6.45) is 0. The lowest BCUT2D eigenvalue weighted by molar-refractivity contribution is 0.102. The first kappa shape index (κ1) is 17.6. The number of rotatable bonds is 5. The third-order valence-electron chi connectivity index (χ3n) is 3.23. The molecule has 1 amide bonds. The van der Waals surface area contributed by atoms with E-state index in [0.717, 1.165) is 4.90 Å². The van der Waals surface area contributed by atoms with Crippen LogP contribution in [-0.2, 0) is 5.75 Å². The molecule has 3 aromatic rings. The van der Waals surface area contributed by atoms with Gasteiger partial charge in [0.25, 0.3) is 5.91 Å². The Morgan fingerprint density at radius 3 is 2.84 bits per heavy atom.